The van der Waals surface area contributed by atoms with E-state index in [0.717, 1.165) is 28.7 Å². The second kappa shape index (κ2) is 8.97. The summed E-state index contributed by atoms with van der Waals surface area (Å²) in [5, 5.41) is 14.4. The first-order chi connectivity index (χ1) is 14.6. The molecule has 0 saturated carbocycles. The van der Waals surface area contributed by atoms with E-state index in [9.17, 15) is 4.79 Å². The molecule has 0 atom stereocenters. The smallest absolute Gasteiger partial charge is 0.336 e. The summed E-state index contributed by atoms with van der Waals surface area (Å²) in [6, 6.07) is 25.6. The minimum atomic E-state index is -0.974. The summed E-state index contributed by atoms with van der Waals surface area (Å²) in [4.78, 5) is 16.6. The molecule has 6 heteroatoms. The second-order valence-electron chi connectivity index (χ2n) is 6.83. The zero-order valence-corrected chi connectivity index (χ0v) is 17.6. The van der Waals surface area contributed by atoms with Gasteiger partial charge in [0, 0.05) is 21.9 Å². The predicted octanol–water partition coefficient (Wildman–Crippen LogP) is 5.70. The number of nitrogens with zero attached hydrogens (tertiary/aromatic N) is 2. The van der Waals surface area contributed by atoms with Gasteiger partial charge in [-0.15, -0.1) is 0 Å². The van der Waals surface area contributed by atoms with Crippen LogP contribution in [0.5, 0.6) is 0 Å². The number of carbonyl (C=O) groups is 1. The van der Waals surface area contributed by atoms with Crippen molar-refractivity contribution in [3.05, 3.63) is 106 Å². The van der Waals surface area contributed by atoms with E-state index in [1.165, 1.54) is 5.56 Å². The maximum atomic E-state index is 11.1. The molecule has 1 N–H and O–H groups in total. The maximum Gasteiger partial charge on any atom is 0.336 e. The highest BCUT2D eigenvalue weighted by Crippen LogP contribution is 2.21. The molecule has 0 radical (unpaired) electrons. The van der Waals surface area contributed by atoms with Crippen molar-refractivity contribution in [3.8, 4) is 0 Å². The highest BCUT2D eigenvalue weighted by Gasteiger charge is 2.09. The zero-order chi connectivity index (χ0) is 20.9. The van der Waals surface area contributed by atoms with Crippen LogP contribution in [0.15, 0.2) is 88.5 Å². The third-order valence-corrected chi connectivity index (χ3v) is 5.44. The van der Waals surface area contributed by atoms with Gasteiger partial charge < -0.3 is 14.5 Å². The third-order valence-electron chi connectivity index (χ3n) is 4.78. The van der Waals surface area contributed by atoms with E-state index < -0.39 is 5.97 Å². The molecule has 3 aromatic carbocycles. The normalized spacial score (nSPS) is 11.2. The van der Waals surface area contributed by atoms with E-state index in [-0.39, 0.29) is 12.2 Å². The number of hydrogen-bond donors (Lipinski definition) is 1. The lowest BCUT2D eigenvalue weighted by atomic mass is 10.1. The van der Waals surface area contributed by atoms with Crippen LogP contribution < -0.4 is 0 Å². The number of benzene rings is 3. The first-order valence-electron chi connectivity index (χ1n) is 9.41. The Labute approximate surface area is 182 Å². The first kappa shape index (κ1) is 19.9. The molecule has 0 saturated heterocycles. The van der Waals surface area contributed by atoms with E-state index in [4.69, 9.17) is 9.94 Å². The minimum Gasteiger partial charge on any atom is -0.478 e. The Kier molecular flexibility index (Phi) is 5.95. The fourth-order valence-corrected chi connectivity index (χ4v) is 3.90. The van der Waals surface area contributed by atoms with Crippen molar-refractivity contribution in [2.24, 2.45) is 5.16 Å². The Morgan fingerprint density at radius 2 is 1.77 bits per heavy atom. The van der Waals surface area contributed by atoms with Crippen LogP contribution in [0, 0.1) is 0 Å². The summed E-state index contributed by atoms with van der Waals surface area (Å²) in [7, 11) is 0. The number of rotatable bonds is 7. The van der Waals surface area contributed by atoms with Crippen LogP contribution >= 0.6 is 15.9 Å². The van der Waals surface area contributed by atoms with Crippen LogP contribution in [-0.4, -0.2) is 21.9 Å². The molecule has 0 bridgehead atoms. The number of carboxylic acid groups (broad SMARTS) is 1. The Hall–Kier alpha value is -3.38. The topological polar surface area (TPSA) is 63.8 Å². The SMILES string of the molecule is O=C(O)c1ccc(CO/N=C\c2cc3ccccc3n2Cc2ccccc2)cc1Br. The number of halogens is 1. The van der Waals surface area contributed by atoms with E-state index >= 15 is 0 Å². The van der Waals surface area contributed by atoms with Gasteiger partial charge in [-0.2, -0.15) is 0 Å². The molecule has 4 aromatic rings. The van der Waals surface area contributed by atoms with E-state index in [1.54, 1.807) is 24.4 Å². The molecule has 0 spiro atoms. The molecule has 0 unspecified atom stereocenters. The van der Waals surface area contributed by atoms with Crippen molar-refractivity contribution < 1.29 is 14.7 Å². The molecule has 1 aromatic heterocycles. The molecule has 0 aliphatic carbocycles. The Bertz CT molecular complexity index is 1220. The highest BCUT2D eigenvalue weighted by atomic mass is 79.9. The van der Waals surface area contributed by atoms with Crippen molar-refractivity contribution in [1.82, 2.24) is 4.57 Å². The predicted molar refractivity (Wildman–Crippen MR) is 121 cm³/mol. The molecule has 1 heterocycles. The van der Waals surface area contributed by atoms with Gasteiger partial charge in [-0.05, 0) is 51.3 Å². The maximum absolute atomic E-state index is 11.1. The average molecular weight is 463 g/mol. The largest absolute Gasteiger partial charge is 0.478 e. The molecule has 5 nitrogen and oxygen atoms in total. The average Bonchev–Trinajstić information content (AvgIpc) is 3.09. The molecule has 30 heavy (non-hydrogen) atoms. The van der Waals surface area contributed by atoms with E-state index in [2.05, 4.69) is 56.0 Å². The molecule has 4 rings (SSSR count). The molecule has 0 aliphatic rings. The second-order valence-corrected chi connectivity index (χ2v) is 7.68. The Balaban J connectivity index is 1.52. The number of aromatic nitrogens is 1. The molecule has 0 amide bonds. The summed E-state index contributed by atoms with van der Waals surface area (Å²) < 4.78 is 2.72. The summed E-state index contributed by atoms with van der Waals surface area (Å²) in [6.07, 6.45) is 1.71. The fourth-order valence-electron chi connectivity index (χ4n) is 3.31. The summed E-state index contributed by atoms with van der Waals surface area (Å²) in [6.45, 7) is 0.979. The zero-order valence-electron chi connectivity index (χ0n) is 16.0. The van der Waals surface area contributed by atoms with Crippen LogP contribution in [0.2, 0.25) is 0 Å². The van der Waals surface area contributed by atoms with Gasteiger partial charge in [-0.25, -0.2) is 4.79 Å². The molecular formula is C24H19BrN2O3. The first-order valence-corrected chi connectivity index (χ1v) is 10.2. The lowest BCUT2D eigenvalue weighted by molar-refractivity contribution is 0.0695. The van der Waals surface area contributed by atoms with Gasteiger partial charge in [0.15, 0.2) is 0 Å². The monoisotopic (exact) mass is 462 g/mol. The molecule has 150 valence electrons. The third kappa shape index (κ3) is 4.44. The Morgan fingerprint density at radius 3 is 2.53 bits per heavy atom. The lowest BCUT2D eigenvalue weighted by Gasteiger charge is -2.08. The number of hydrogen-bond acceptors (Lipinski definition) is 3. The van der Waals surface area contributed by atoms with Gasteiger partial charge >= 0.3 is 5.97 Å². The van der Waals surface area contributed by atoms with Crippen molar-refractivity contribution in [1.29, 1.82) is 0 Å². The summed E-state index contributed by atoms with van der Waals surface area (Å²) in [5.74, 6) is -0.974. The van der Waals surface area contributed by atoms with Gasteiger partial charge in [0.25, 0.3) is 0 Å². The standard InChI is InChI=1S/C24H19BrN2O3/c25-22-12-18(10-11-21(22)24(28)29)16-30-26-14-20-13-19-8-4-5-9-23(19)27(20)15-17-6-2-1-3-7-17/h1-14H,15-16H2,(H,28,29)/b26-14-. The van der Waals surface area contributed by atoms with Gasteiger partial charge in [0.05, 0.1) is 17.5 Å². The minimum absolute atomic E-state index is 0.215. The highest BCUT2D eigenvalue weighted by molar-refractivity contribution is 9.10. The molecule has 0 fully saturated rings. The van der Waals surface area contributed by atoms with Crippen LogP contribution in [-0.2, 0) is 18.0 Å². The number of para-hydroxylation sites is 1. The quantitative estimate of drug-likeness (QED) is 0.283. The summed E-state index contributed by atoms with van der Waals surface area (Å²) >= 11 is 3.28. The van der Waals surface area contributed by atoms with Crippen molar-refractivity contribution in [2.75, 3.05) is 0 Å². The van der Waals surface area contributed by atoms with Gasteiger partial charge in [-0.1, -0.05) is 59.8 Å². The fraction of sp³-hybridized carbons (Fsp3) is 0.0833. The van der Waals surface area contributed by atoms with Crippen LogP contribution in [0.4, 0.5) is 0 Å². The van der Waals surface area contributed by atoms with Crippen molar-refractivity contribution >= 4 is 39.0 Å². The summed E-state index contributed by atoms with van der Waals surface area (Å²) in [5.41, 5.74) is 4.33. The number of oxime groups is 1. The van der Waals surface area contributed by atoms with Gasteiger partial charge in [0.1, 0.15) is 6.61 Å². The Morgan fingerprint density at radius 1 is 1.00 bits per heavy atom. The van der Waals surface area contributed by atoms with E-state index in [1.807, 2.05) is 30.3 Å². The van der Waals surface area contributed by atoms with Crippen molar-refractivity contribution in [2.45, 2.75) is 13.2 Å². The number of aromatic carboxylic acids is 1. The van der Waals surface area contributed by atoms with Crippen molar-refractivity contribution in [3.63, 3.8) is 0 Å². The molecule has 0 aliphatic heterocycles. The lowest BCUT2D eigenvalue weighted by Crippen LogP contribution is -2.04. The van der Waals surface area contributed by atoms with Crippen LogP contribution in [0.3, 0.4) is 0 Å². The van der Waals surface area contributed by atoms with Crippen LogP contribution in [0.1, 0.15) is 27.2 Å². The van der Waals surface area contributed by atoms with E-state index in [0.29, 0.717) is 4.47 Å². The van der Waals surface area contributed by atoms with Gasteiger partial charge in [-0.3, -0.25) is 0 Å². The number of fused-ring (bicyclic) bond motifs is 1. The number of carboxylic acids is 1. The van der Waals surface area contributed by atoms with Crippen LogP contribution in [0.25, 0.3) is 10.9 Å². The van der Waals surface area contributed by atoms with Gasteiger partial charge in [0.2, 0.25) is 0 Å². The molecular weight excluding hydrogens is 444 g/mol.